The van der Waals surface area contributed by atoms with E-state index in [1.165, 1.54) is 12.7 Å². The lowest BCUT2D eigenvalue weighted by Crippen LogP contribution is -2.13. The molecule has 0 bridgehead atoms. The summed E-state index contributed by atoms with van der Waals surface area (Å²) in [5.74, 6) is 0.711. The fourth-order valence-corrected chi connectivity index (χ4v) is 2.66. The van der Waals surface area contributed by atoms with Crippen LogP contribution in [0.25, 0.3) is 0 Å². The minimum Gasteiger partial charge on any atom is -0.449 e. The number of hydrogen-bond acceptors (Lipinski definition) is 5. The molecule has 0 spiro atoms. The van der Waals surface area contributed by atoms with Crippen molar-refractivity contribution in [3.05, 3.63) is 70.3 Å². The molecular formula is C18H17ClN4O2. The van der Waals surface area contributed by atoms with Crippen LogP contribution in [0.5, 0.6) is 0 Å². The third kappa shape index (κ3) is 4.22. The van der Waals surface area contributed by atoms with Gasteiger partial charge in [-0.3, -0.25) is 4.79 Å². The van der Waals surface area contributed by atoms with Gasteiger partial charge in [-0.1, -0.05) is 24.6 Å². The van der Waals surface area contributed by atoms with Crippen LogP contribution >= 0.6 is 11.6 Å². The molecule has 2 heterocycles. The number of amides is 1. The maximum Gasteiger partial charge on any atom is 0.258 e. The van der Waals surface area contributed by atoms with Crippen LogP contribution in [0.15, 0.2) is 41.3 Å². The lowest BCUT2D eigenvalue weighted by atomic mass is 10.1. The van der Waals surface area contributed by atoms with Gasteiger partial charge >= 0.3 is 0 Å². The van der Waals surface area contributed by atoms with Crippen LogP contribution in [0, 0.1) is 6.92 Å². The van der Waals surface area contributed by atoms with Crippen LogP contribution in [0.2, 0.25) is 5.02 Å². The predicted molar refractivity (Wildman–Crippen MR) is 94.9 cm³/mol. The molecule has 2 aromatic heterocycles. The minimum absolute atomic E-state index is 0.334. The van der Waals surface area contributed by atoms with Gasteiger partial charge in [0.1, 0.15) is 12.1 Å². The Hall–Kier alpha value is -2.73. The molecule has 0 atom stereocenters. The molecule has 6 nitrogen and oxygen atoms in total. The number of carbonyl (C=O) groups excluding carboxylic acids is 1. The second kappa shape index (κ2) is 7.44. The van der Waals surface area contributed by atoms with Crippen LogP contribution in [-0.4, -0.2) is 20.9 Å². The number of hydrogen-bond donors (Lipinski definition) is 1. The molecule has 1 N–H and O–H groups in total. The Labute approximate surface area is 150 Å². The van der Waals surface area contributed by atoms with Gasteiger partial charge < -0.3 is 9.73 Å². The number of halogens is 1. The highest BCUT2D eigenvalue weighted by atomic mass is 35.5. The zero-order valence-corrected chi connectivity index (χ0v) is 14.7. The molecule has 0 aliphatic heterocycles. The van der Waals surface area contributed by atoms with Gasteiger partial charge in [-0.05, 0) is 37.1 Å². The van der Waals surface area contributed by atoms with Crippen molar-refractivity contribution in [2.45, 2.75) is 26.7 Å². The summed E-state index contributed by atoms with van der Waals surface area (Å²) in [7, 11) is 0. The Morgan fingerprint density at radius 3 is 2.84 bits per heavy atom. The Kier molecular flexibility index (Phi) is 5.09. The average Bonchev–Trinajstić information content (AvgIpc) is 3.09. The van der Waals surface area contributed by atoms with Crippen LogP contribution in [0.1, 0.15) is 40.1 Å². The zero-order chi connectivity index (χ0) is 17.8. The monoisotopic (exact) mass is 356 g/mol. The Balaban J connectivity index is 1.84. The topological polar surface area (TPSA) is 80.9 Å². The Morgan fingerprint density at radius 1 is 1.28 bits per heavy atom. The van der Waals surface area contributed by atoms with E-state index in [1.54, 1.807) is 12.1 Å². The first-order valence-electron chi connectivity index (χ1n) is 7.86. The Morgan fingerprint density at radius 2 is 2.12 bits per heavy atom. The summed E-state index contributed by atoms with van der Waals surface area (Å²) in [6, 6.07) is 7.29. The SMILES string of the molecule is CCc1cc(C)nc(Cc2ccc(Cl)c(C(=O)Nc3cocn3)c2)n1. The summed E-state index contributed by atoms with van der Waals surface area (Å²) in [6.45, 7) is 4.00. The molecule has 3 rings (SSSR count). The van der Waals surface area contributed by atoms with Gasteiger partial charge in [0.25, 0.3) is 5.91 Å². The quantitative estimate of drug-likeness (QED) is 0.751. The van der Waals surface area contributed by atoms with Gasteiger partial charge in [-0.25, -0.2) is 9.97 Å². The highest BCUT2D eigenvalue weighted by Gasteiger charge is 2.13. The summed E-state index contributed by atoms with van der Waals surface area (Å²) in [5, 5.41) is 3.00. The molecule has 0 saturated carbocycles. The van der Waals surface area contributed by atoms with Crippen molar-refractivity contribution in [3.63, 3.8) is 0 Å². The smallest absolute Gasteiger partial charge is 0.258 e. The molecule has 3 aromatic rings. The molecule has 1 amide bonds. The molecule has 7 heteroatoms. The largest absolute Gasteiger partial charge is 0.449 e. The van der Waals surface area contributed by atoms with Crippen molar-refractivity contribution < 1.29 is 9.21 Å². The molecular weight excluding hydrogens is 340 g/mol. The zero-order valence-electron chi connectivity index (χ0n) is 13.9. The van der Waals surface area contributed by atoms with E-state index in [9.17, 15) is 4.79 Å². The number of nitrogens with zero attached hydrogens (tertiary/aromatic N) is 3. The lowest BCUT2D eigenvalue weighted by Gasteiger charge is -2.08. The number of aryl methyl sites for hydroxylation is 2. The van der Waals surface area contributed by atoms with E-state index in [4.69, 9.17) is 16.0 Å². The lowest BCUT2D eigenvalue weighted by molar-refractivity contribution is 0.102. The summed E-state index contributed by atoms with van der Waals surface area (Å²) >= 11 is 6.17. The van der Waals surface area contributed by atoms with E-state index in [0.29, 0.717) is 22.8 Å². The Bertz CT molecular complexity index is 894. The van der Waals surface area contributed by atoms with Crippen molar-refractivity contribution in [1.29, 1.82) is 0 Å². The van der Waals surface area contributed by atoms with Crippen LogP contribution < -0.4 is 5.32 Å². The number of benzene rings is 1. The van der Waals surface area contributed by atoms with Gasteiger partial charge in [0, 0.05) is 17.8 Å². The van der Waals surface area contributed by atoms with Gasteiger partial charge in [0.15, 0.2) is 12.2 Å². The second-order valence-corrected chi connectivity index (χ2v) is 6.00. The minimum atomic E-state index is -0.347. The predicted octanol–water partition coefficient (Wildman–Crippen LogP) is 3.83. The van der Waals surface area contributed by atoms with Crippen molar-refractivity contribution in [2.24, 2.45) is 0 Å². The normalized spacial score (nSPS) is 10.7. The van der Waals surface area contributed by atoms with Gasteiger partial charge in [0.2, 0.25) is 0 Å². The maximum atomic E-state index is 12.4. The molecule has 1 aromatic carbocycles. The fraction of sp³-hybridized carbons (Fsp3) is 0.222. The highest BCUT2D eigenvalue weighted by molar-refractivity contribution is 6.34. The third-order valence-electron chi connectivity index (χ3n) is 3.63. The highest BCUT2D eigenvalue weighted by Crippen LogP contribution is 2.20. The van der Waals surface area contributed by atoms with Crippen molar-refractivity contribution in [1.82, 2.24) is 15.0 Å². The van der Waals surface area contributed by atoms with Crippen LogP contribution in [-0.2, 0) is 12.8 Å². The number of rotatable bonds is 5. The van der Waals surface area contributed by atoms with E-state index in [1.807, 2.05) is 19.1 Å². The first kappa shape index (κ1) is 17.1. The molecule has 128 valence electrons. The molecule has 0 radical (unpaired) electrons. The standard InChI is InChI=1S/C18H17ClN4O2/c1-3-13-6-11(2)21-16(22-13)8-12-4-5-15(19)14(7-12)18(24)23-17-9-25-10-20-17/h4-7,9-10H,3,8H2,1-2H3,(H,23,24). The number of aromatic nitrogens is 3. The number of carbonyl (C=O) groups is 1. The van der Waals surface area contributed by atoms with Gasteiger partial charge in [-0.15, -0.1) is 0 Å². The molecule has 0 unspecified atom stereocenters. The van der Waals surface area contributed by atoms with Crippen molar-refractivity contribution >= 4 is 23.3 Å². The molecule has 25 heavy (non-hydrogen) atoms. The number of oxazole rings is 1. The van der Waals surface area contributed by atoms with E-state index in [0.717, 1.165) is 29.2 Å². The average molecular weight is 357 g/mol. The first-order chi connectivity index (χ1) is 12.0. The van der Waals surface area contributed by atoms with Crippen LogP contribution in [0.3, 0.4) is 0 Å². The maximum absolute atomic E-state index is 12.4. The van der Waals surface area contributed by atoms with E-state index in [-0.39, 0.29) is 5.91 Å². The fourth-order valence-electron chi connectivity index (χ4n) is 2.46. The van der Waals surface area contributed by atoms with E-state index in [2.05, 4.69) is 27.2 Å². The summed E-state index contributed by atoms with van der Waals surface area (Å²) in [5.41, 5.74) is 3.20. The summed E-state index contributed by atoms with van der Waals surface area (Å²) < 4.78 is 4.84. The first-order valence-corrected chi connectivity index (χ1v) is 8.24. The van der Waals surface area contributed by atoms with Gasteiger partial charge in [0.05, 0.1) is 10.6 Å². The number of nitrogens with one attached hydrogen (secondary N) is 1. The third-order valence-corrected chi connectivity index (χ3v) is 3.96. The number of anilines is 1. The van der Waals surface area contributed by atoms with Crippen LogP contribution in [0.4, 0.5) is 5.82 Å². The van der Waals surface area contributed by atoms with Gasteiger partial charge in [-0.2, -0.15) is 4.98 Å². The van der Waals surface area contributed by atoms with Crippen molar-refractivity contribution in [3.8, 4) is 0 Å². The summed E-state index contributed by atoms with van der Waals surface area (Å²) in [4.78, 5) is 25.3. The molecule has 0 fully saturated rings. The van der Waals surface area contributed by atoms with Crippen molar-refractivity contribution in [2.75, 3.05) is 5.32 Å². The molecule has 0 aliphatic rings. The molecule has 0 aliphatic carbocycles. The second-order valence-electron chi connectivity index (χ2n) is 5.59. The van der Waals surface area contributed by atoms with E-state index >= 15 is 0 Å². The summed E-state index contributed by atoms with van der Waals surface area (Å²) in [6.07, 6.45) is 3.97. The molecule has 0 saturated heterocycles. The van der Waals surface area contributed by atoms with E-state index < -0.39 is 0 Å².